The Morgan fingerprint density at radius 3 is 2.43 bits per heavy atom. The van der Waals surface area contributed by atoms with Gasteiger partial charge in [0.2, 0.25) is 5.91 Å². The molecule has 0 radical (unpaired) electrons. The number of amides is 4. The molecule has 0 bridgehead atoms. The first-order valence-electron chi connectivity index (χ1n) is 8.73. The molecule has 0 aliphatic carbocycles. The zero-order valence-electron chi connectivity index (χ0n) is 15.2. The van der Waals surface area contributed by atoms with Crippen molar-refractivity contribution in [3.8, 4) is 0 Å². The molecule has 1 heterocycles. The number of rotatable bonds is 6. The first-order valence-corrected chi connectivity index (χ1v) is 9.72. The van der Waals surface area contributed by atoms with Gasteiger partial charge in [0.1, 0.15) is 0 Å². The summed E-state index contributed by atoms with van der Waals surface area (Å²) in [6.07, 6.45) is 0. The molecule has 0 atom stereocenters. The van der Waals surface area contributed by atoms with Gasteiger partial charge in [-0.25, -0.2) is 0 Å². The molecule has 1 saturated heterocycles. The highest BCUT2D eigenvalue weighted by Crippen LogP contribution is 2.21. The van der Waals surface area contributed by atoms with Crippen LogP contribution in [0.3, 0.4) is 0 Å². The number of hydrogen-bond donors (Lipinski definition) is 2. The number of carbonyl (C=O) groups excluding carboxylic acids is 4. The van der Waals surface area contributed by atoms with E-state index < -0.39 is 0 Å². The van der Waals surface area contributed by atoms with Crippen molar-refractivity contribution in [1.29, 1.82) is 0 Å². The van der Waals surface area contributed by atoms with Crippen LogP contribution in [0.2, 0.25) is 0 Å². The van der Waals surface area contributed by atoms with E-state index in [0.29, 0.717) is 28.9 Å². The van der Waals surface area contributed by atoms with E-state index >= 15 is 0 Å². The van der Waals surface area contributed by atoms with Crippen LogP contribution in [0.1, 0.15) is 33.2 Å². The summed E-state index contributed by atoms with van der Waals surface area (Å²) in [5.41, 5.74) is 2.19. The molecule has 2 N–H and O–H groups in total. The minimum Gasteiger partial charge on any atom is -0.352 e. The summed E-state index contributed by atoms with van der Waals surface area (Å²) >= 11 is 0.981. The van der Waals surface area contributed by atoms with Crippen molar-refractivity contribution in [3.63, 3.8) is 0 Å². The lowest BCUT2D eigenvalue weighted by Gasteiger charge is -2.13. The summed E-state index contributed by atoms with van der Waals surface area (Å²) in [6, 6.07) is 13.4. The topological polar surface area (TPSA) is 95.6 Å². The number of anilines is 1. The quantitative estimate of drug-likeness (QED) is 0.781. The molecule has 1 fully saturated rings. The molecular weight excluding hydrogens is 378 g/mol. The Morgan fingerprint density at radius 1 is 1.04 bits per heavy atom. The number of imide groups is 1. The third-order valence-electron chi connectivity index (χ3n) is 4.11. The number of carbonyl (C=O) groups is 4. The summed E-state index contributed by atoms with van der Waals surface area (Å²) in [4.78, 5) is 48.9. The van der Waals surface area contributed by atoms with Crippen LogP contribution in [0.5, 0.6) is 0 Å². The Labute approximate surface area is 166 Å². The van der Waals surface area contributed by atoms with Crippen molar-refractivity contribution in [2.24, 2.45) is 0 Å². The zero-order chi connectivity index (χ0) is 20.1. The number of benzene rings is 2. The second-order valence-corrected chi connectivity index (χ2v) is 7.05. The predicted octanol–water partition coefficient (Wildman–Crippen LogP) is 2.88. The molecule has 1 aliphatic rings. The second kappa shape index (κ2) is 8.71. The molecule has 8 heteroatoms. The van der Waals surface area contributed by atoms with Gasteiger partial charge in [0.25, 0.3) is 17.1 Å². The SMILES string of the molecule is CCNC(=O)c1ccc(NC(=O)c2cccc(CN3C(=O)CSC3=O)c2)cc1. The van der Waals surface area contributed by atoms with E-state index in [0.717, 1.165) is 11.8 Å². The molecule has 3 rings (SSSR count). The minimum atomic E-state index is -0.318. The number of thioether (sulfide) groups is 1. The summed E-state index contributed by atoms with van der Waals surface area (Å²) in [5.74, 6) is -0.555. The van der Waals surface area contributed by atoms with E-state index in [1.807, 2.05) is 6.92 Å². The van der Waals surface area contributed by atoms with Crippen molar-refractivity contribution in [2.75, 3.05) is 17.6 Å². The fourth-order valence-corrected chi connectivity index (χ4v) is 3.42. The van der Waals surface area contributed by atoms with Gasteiger partial charge in [0, 0.05) is 23.4 Å². The summed E-state index contributed by atoms with van der Waals surface area (Å²) in [6.45, 7) is 2.53. The van der Waals surface area contributed by atoms with E-state index in [2.05, 4.69) is 10.6 Å². The van der Waals surface area contributed by atoms with Gasteiger partial charge in [-0.1, -0.05) is 23.9 Å². The molecule has 28 heavy (non-hydrogen) atoms. The molecule has 2 aromatic rings. The second-order valence-electron chi connectivity index (χ2n) is 6.13. The Kier molecular flexibility index (Phi) is 6.10. The molecule has 7 nitrogen and oxygen atoms in total. The maximum atomic E-state index is 12.5. The van der Waals surface area contributed by atoms with Gasteiger partial charge in [-0.15, -0.1) is 0 Å². The number of hydrogen-bond acceptors (Lipinski definition) is 5. The standard InChI is InChI=1S/C20H19N3O4S/c1-2-21-18(25)14-6-8-16(9-7-14)22-19(26)15-5-3-4-13(10-15)11-23-17(24)12-28-20(23)27/h3-10H,2,11-12H2,1H3,(H,21,25)(H,22,26). The van der Waals surface area contributed by atoms with E-state index in [1.54, 1.807) is 48.5 Å². The molecule has 0 spiro atoms. The van der Waals surface area contributed by atoms with E-state index in [-0.39, 0.29) is 35.3 Å². The van der Waals surface area contributed by atoms with Crippen LogP contribution in [0.25, 0.3) is 0 Å². The normalized spacial score (nSPS) is 13.5. The van der Waals surface area contributed by atoms with Crippen LogP contribution in [0.15, 0.2) is 48.5 Å². The van der Waals surface area contributed by atoms with Crippen molar-refractivity contribution in [2.45, 2.75) is 13.5 Å². The fraction of sp³-hybridized carbons (Fsp3) is 0.200. The van der Waals surface area contributed by atoms with Crippen molar-refractivity contribution in [1.82, 2.24) is 10.2 Å². The lowest BCUT2D eigenvalue weighted by molar-refractivity contribution is -0.125. The Bertz CT molecular complexity index is 911. The number of nitrogens with zero attached hydrogens (tertiary/aromatic N) is 1. The molecule has 2 aromatic carbocycles. The Balaban J connectivity index is 1.67. The average molecular weight is 397 g/mol. The highest BCUT2D eigenvalue weighted by Gasteiger charge is 2.29. The lowest BCUT2D eigenvalue weighted by Crippen LogP contribution is -2.28. The third-order valence-corrected chi connectivity index (χ3v) is 4.97. The van der Waals surface area contributed by atoms with Gasteiger partial charge in [-0.05, 0) is 48.9 Å². The predicted molar refractivity (Wildman–Crippen MR) is 107 cm³/mol. The van der Waals surface area contributed by atoms with Gasteiger partial charge in [0.15, 0.2) is 0 Å². The van der Waals surface area contributed by atoms with E-state index in [9.17, 15) is 19.2 Å². The molecule has 0 saturated carbocycles. The Hall–Kier alpha value is -3.13. The van der Waals surface area contributed by atoms with E-state index in [1.165, 1.54) is 4.90 Å². The lowest BCUT2D eigenvalue weighted by atomic mass is 10.1. The monoisotopic (exact) mass is 397 g/mol. The highest BCUT2D eigenvalue weighted by molar-refractivity contribution is 8.14. The largest absolute Gasteiger partial charge is 0.352 e. The molecule has 1 aliphatic heterocycles. The van der Waals surface area contributed by atoms with Gasteiger partial charge in [-0.3, -0.25) is 24.1 Å². The summed E-state index contributed by atoms with van der Waals surface area (Å²) in [7, 11) is 0. The highest BCUT2D eigenvalue weighted by atomic mass is 32.2. The summed E-state index contributed by atoms with van der Waals surface area (Å²) in [5, 5.41) is 5.21. The molecule has 144 valence electrons. The molecule has 0 unspecified atom stereocenters. The van der Waals surface area contributed by atoms with Gasteiger partial charge < -0.3 is 10.6 Å². The minimum absolute atomic E-state index is 0.146. The van der Waals surface area contributed by atoms with Gasteiger partial charge in [-0.2, -0.15) is 0 Å². The molecular formula is C20H19N3O4S. The van der Waals surface area contributed by atoms with Crippen LogP contribution in [0, 0.1) is 0 Å². The van der Waals surface area contributed by atoms with Crippen LogP contribution >= 0.6 is 11.8 Å². The molecule has 4 amide bonds. The van der Waals surface area contributed by atoms with Crippen LogP contribution in [-0.4, -0.2) is 40.2 Å². The van der Waals surface area contributed by atoms with Crippen molar-refractivity contribution >= 4 is 40.4 Å². The van der Waals surface area contributed by atoms with Gasteiger partial charge in [0.05, 0.1) is 12.3 Å². The fourth-order valence-electron chi connectivity index (χ4n) is 2.70. The van der Waals surface area contributed by atoms with Crippen molar-refractivity contribution < 1.29 is 19.2 Å². The third kappa shape index (κ3) is 4.58. The van der Waals surface area contributed by atoms with Crippen molar-refractivity contribution in [3.05, 3.63) is 65.2 Å². The zero-order valence-corrected chi connectivity index (χ0v) is 16.0. The Morgan fingerprint density at radius 2 is 1.79 bits per heavy atom. The van der Waals surface area contributed by atoms with Crippen LogP contribution < -0.4 is 10.6 Å². The number of nitrogens with one attached hydrogen (secondary N) is 2. The maximum absolute atomic E-state index is 12.5. The van der Waals surface area contributed by atoms with Crippen LogP contribution in [-0.2, 0) is 11.3 Å². The smallest absolute Gasteiger partial charge is 0.289 e. The maximum Gasteiger partial charge on any atom is 0.289 e. The average Bonchev–Trinajstić information content (AvgIpc) is 3.01. The van der Waals surface area contributed by atoms with Crippen LogP contribution in [0.4, 0.5) is 10.5 Å². The summed E-state index contributed by atoms with van der Waals surface area (Å²) < 4.78 is 0. The van der Waals surface area contributed by atoms with E-state index in [4.69, 9.17) is 0 Å². The van der Waals surface area contributed by atoms with Gasteiger partial charge >= 0.3 is 0 Å². The first-order chi connectivity index (χ1) is 13.5. The first kappa shape index (κ1) is 19.6. The molecule has 0 aromatic heterocycles.